The van der Waals surface area contributed by atoms with Crippen LogP contribution in [-0.4, -0.2) is 28.6 Å². The Kier molecular flexibility index (Phi) is 4.22. The number of H-pyrrole nitrogens is 1. The first kappa shape index (κ1) is 13.6. The molecule has 0 aliphatic heterocycles. The molecule has 2 aromatic rings. The van der Waals surface area contributed by atoms with Crippen molar-refractivity contribution in [1.29, 1.82) is 0 Å². The second-order valence-corrected chi connectivity index (χ2v) is 4.81. The van der Waals surface area contributed by atoms with Gasteiger partial charge in [-0.05, 0) is 25.0 Å². The highest BCUT2D eigenvalue weighted by Gasteiger charge is 2.14. The molecule has 0 spiro atoms. The maximum Gasteiger partial charge on any atom is 0.224 e. The van der Waals surface area contributed by atoms with Crippen molar-refractivity contribution in [2.45, 2.75) is 32.7 Å². The zero-order chi connectivity index (χ0) is 13.8. The van der Waals surface area contributed by atoms with E-state index < -0.39 is 0 Å². The van der Waals surface area contributed by atoms with E-state index >= 15 is 0 Å². The van der Waals surface area contributed by atoms with Gasteiger partial charge in [-0.15, -0.1) is 0 Å². The number of hydrogen-bond donors (Lipinski definition) is 3. The van der Waals surface area contributed by atoms with E-state index in [2.05, 4.69) is 10.3 Å². The number of aliphatic hydroxyl groups excluding tert-OH is 1. The number of carbonyl (C=O) groups excluding carboxylic acids is 1. The van der Waals surface area contributed by atoms with Crippen molar-refractivity contribution in [3.8, 4) is 0 Å². The molecule has 0 fully saturated rings. The summed E-state index contributed by atoms with van der Waals surface area (Å²) in [6, 6.07) is 7.82. The molecule has 1 atom stereocenters. The number of rotatable bonds is 5. The topological polar surface area (TPSA) is 65.1 Å². The molecule has 4 nitrogen and oxygen atoms in total. The Morgan fingerprint density at radius 2 is 2.16 bits per heavy atom. The van der Waals surface area contributed by atoms with Crippen molar-refractivity contribution >= 4 is 16.8 Å². The number of aliphatic hydroxyl groups is 1. The van der Waals surface area contributed by atoms with Gasteiger partial charge in [-0.2, -0.15) is 0 Å². The molecular weight excluding hydrogens is 240 g/mol. The average Bonchev–Trinajstić information content (AvgIpc) is 2.72. The summed E-state index contributed by atoms with van der Waals surface area (Å²) < 4.78 is 0. The van der Waals surface area contributed by atoms with Crippen LogP contribution in [0.5, 0.6) is 0 Å². The van der Waals surface area contributed by atoms with Crippen molar-refractivity contribution in [2.75, 3.05) is 6.61 Å². The van der Waals surface area contributed by atoms with Crippen LogP contribution in [-0.2, 0) is 11.2 Å². The summed E-state index contributed by atoms with van der Waals surface area (Å²) >= 11 is 0. The molecule has 0 aliphatic rings. The molecular formula is C15H20N2O2. The molecule has 1 aromatic heterocycles. The molecule has 0 bridgehead atoms. The smallest absolute Gasteiger partial charge is 0.224 e. The minimum Gasteiger partial charge on any atom is -0.394 e. The highest BCUT2D eigenvalue weighted by Crippen LogP contribution is 2.22. The number of aryl methyl sites for hydroxylation is 1. The van der Waals surface area contributed by atoms with E-state index in [1.807, 2.05) is 38.1 Å². The Morgan fingerprint density at radius 3 is 2.84 bits per heavy atom. The molecule has 3 N–H and O–H groups in total. The molecule has 0 aliphatic carbocycles. The van der Waals surface area contributed by atoms with Crippen molar-refractivity contribution in [3.05, 3.63) is 35.5 Å². The van der Waals surface area contributed by atoms with Gasteiger partial charge in [-0.1, -0.05) is 25.1 Å². The minimum atomic E-state index is -0.155. The minimum absolute atomic E-state index is 0.0187. The van der Waals surface area contributed by atoms with Gasteiger partial charge in [0.15, 0.2) is 0 Å². The van der Waals surface area contributed by atoms with E-state index in [9.17, 15) is 4.79 Å². The largest absolute Gasteiger partial charge is 0.394 e. The van der Waals surface area contributed by atoms with Gasteiger partial charge in [0, 0.05) is 16.6 Å². The van der Waals surface area contributed by atoms with Crippen molar-refractivity contribution in [1.82, 2.24) is 10.3 Å². The lowest BCUT2D eigenvalue weighted by Gasteiger charge is -2.13. The van der Waals surface area contributed by atoms with E-state index in [0.717, 1.165) is 28.6 Å². The number of amides is 1. The molecule has 1 aromatic carbocycles. The zero-order valence-electron chi connectivity index (χ0n) is 11.4. The summed E-state index contributed by atoms with van der Waals surface area (Å²) in [5.41, 5.74) is 3.10. The first-order valence-electron chi connectivity index (χ1n) is 6.62. The van der Waals surface area contributed by atoms with E-state index in [0.29, 0.717) is 6.42 Å². The van der Waals surface area contributed by atoms with E-state index in [1.165, 1.54) is 0 Å². The van der Waals surface area contributed by atoms with Crippen LogP contribution in [0.1, 0.15) is 24.6 Å². The van der Waals surface area contributed by atoms with Crippen molar-refractivity contribution in [2.24, 2.45) is 0 Å². The van der Waals surface area contributed by atoms with Gasteiger partial charge in [0.2, 0.25) is 5.91 Å². The number of aromatic amines is 1. The van der Waals surface area contributed by atoms with Crippen molar-refractivity contribution in [3.63, 3.8) is 0 Å². The Bertz CT molecular complexity index is 571. The summed E-state index contributed by atoms with van der Waals surface area (Å²) in [5.74, 6) is -0.0475. The normalized spacial score (nSPS) is 12.6. The van der Waals surface area contributed by atoms with Crippen LogP contribution >= 0.6 is 0 Å². The number of carbonyl (C=O) groups is 1. The number of aromatic nitrogens is 1. The van der Waals surface area contributed by atoms with Crippen LogP contribution < -0.4 is 5.32 Å². The monoisotopic (exact) mass is 260 g/mol. The van der Waals surface area contributed by atoms with Gasteiger partial charge in [0.05, 0.1) is 19.1 Å². The van der Waals surface area contributed by atoms with Gasteiger partial charge in [-0.25, -0.2) is 0 Å². The fourth-order valence-electron chi connectivity index (χ4n) is 2.28. The SMILES string of the molecule is CC[C@H](CO)NC(=O)Cc1c(C)[nH]c2ccccc12. The number of hydrogen-bond acceptors (Lipinski definition) is 2. The molecule has 19 heavy (non-hydrogen) atoms. The van der Waals surface area contributed by atoms with Crippen LogP contribution in [0.15, 0.2) is 24.3 Å². The Morgan fingerprint density at radius 1 is 1.42 bits per heavy atom. The van der Waals surface area contributed by atoms with Crippen LogP contribution in [0.25, 0.3) is 10.9 Å². The fraction of sp³-hybridized carbons (Fsp3) is 0.400. The third-order valence-electron chi connectivity index (χ3n) is 3.44. The molecule has 0 radical (unpaired) electrons. The highest BCUT2D eigenvalue weighted by atomic mass is 16.3. The lowest BCUT2D eigenvalue weighted by molar-refractivity contribution is -0.121. The highest BCUT2D eigenvalue weighted by molar-refractivity contribution is 5.90. The summed E-state index contributed by atoms with van der Waals surface area (Å²) in [7, 11) is 0. The molecule has 2 rings (SSSR count). The predicted octanol–water partition coefficient (Wildman–Crippen LogP) is 1.91. The average molecular weight is 260 g/mol. The van der Waals surface area contributed by atoms with E-state index in [-0.39, 0.29) is 18.6 Å². The van der Waals surface area contributed by atoms with Crippen LogP contribution in [0, 0.1) is 6.92 Å². The maximum absolute atomic E-state index is 12.0. The molecule has 0 saturated carbocycles. The van der Waals surface area contributed by atoms with Gasteiger partial charge in [-0.3, -0.25) is 4.79 Å². The van der Waals surface area contributed by atoms with Gasteiger partial charge in [0.25, 0.3) is 0 Å². The molecule has 102 valence electrons. The molecule has 4 heteroatoms. The second-order valence-electron chi connectivity index (χ2n) is 4.81. The van der Waals surface area contributed by atoms with Gasteiger partial charge in [0.1, 0.15) is 0 Å². The van der Waals surface area contributed by atoms with Crippen molar-refractivity contribution < 1.29 is 9.90 Å². The molecule has 1 heterocycles. The number of nitrogens with one attached hydrogen (secondary N) is 2. The molecule has 1 amide bonds. The van der Waals surface area contributed by atoms with Crippen LogP contribution in [0.2, 0.25) is 0 Å². The third-order valence-corrected chi connectivity index (χ3v) is 3.44. The van der Waals surface area contributed by atoms with Gasteiger partial charge < -0.3 is 15.4 Å². The standard InChI is InChI=1S/C15H20N2O2/c1-3-11(9-18)17-15(19)8-13-10(2)16-14-7-5-4-6-12(13)14/h4-7,11,16,18H,3,8-9H2,1-2H3,(H,17,19)/t11-/m1/s1. The zero-order valence-corrected chi connectivity index (χ0v) is 11.4. The Hall–Kier alpha value is -1.81. The Balaban J connectivity index is 2.17. The summed E-state index contributed by atoms with van der Waals surface area (Å²) in [5, 5.41) is 13.0. The first-order chi connectivity index (χ1) is 9.15. The second kappa shape index (κ2) is 5.89. The predicted molar refractivity (Wildman–Crippen MR) is 76.0 cm³/mol. The fourth-order valence-corrected chi connectivity index (χ4v) is 2.28. The summed E-state index contributed by atoms with van der Waals surface area (Å²) in [6.45, 7) is 3.90. The summed E-state index contributed by atoms with van der Waals surface area (Å²) in [6.07, 6.45) is 1.07. The Labute approximate surface area is 112 Å². The summed E-state index contributed by atoms with van der Waals surface area (Å²) in [4.78, 5) is 15.3. The van der Waals surface area contributed by atoms with E-state index in [4.69, 9.17) is 5.11 Å². The van der Waals surface area contributed by atoms with Gasteiger partial charge >= 0.3 is 0 Å². The number of benzene rings is 1. The van der Waals surface area contributed by atoms with E-state index in [1.54, 1.807) is 0 Å². The molecule has 0 unspecified atom stereocenters. The van der Waals surface area contributed by atoms with Crippen LogP contribution in [0.4, 0.5) is 0 Å². The third kappa shape index (κ3) is 2.96. The quantitative estimate of drug-likeness (QED) is 0.769. The lowest BCUT2D eigenvalue weighted by atomic mass is 10.1. The first-order valence-corrected chi connectivity index (χ1v) is 6.62. The van der Waals surface area contributed by atoms with Crippen LogP contribution in [0.3, 0.4) is 0 Å². The maximum atomic E-state index is 12.0. The number of fused-ring (bicyclic) bond motifs is 1. The number of para-hydroxylation sites is 1. The lowest BCUT2D eigenvalue weighted by Crippen LogP contribution is -2.37. The molecule has 0 saturated heterocycles.